The standard InChI is InChI=1S/C42H47N5O8S/c1-6-24-21-42(24,39(51)52)46-37(49)31-19-26(55-33-20-29(23-10-8-7-9-11-23)43-30-18-25(54-5)12-13-27(30)33)22-47(31)40(53)45-36(41(2,3)4)38(50)44-35-28-16-17-56-34(28)15-14-32(35)48/h6-13,16-18,20,24,26,31-32,35-36,48H,1,14-15,19,21-22H2,2-5H3,(H,44,50)(H,45,53)(H,46,49)(H,51,52)/t24?,26-,31+,32-,35?,36?,42-/m1/s1. The fourth-order valence-corrected chi connectivity index (χ4v) is 8.73. The molecule has 0 bridgehead atoms. The van der Waals surface area contributed by atoms with Crippen molar-refractivity contribution in [2.24, 2.45) is 11.3 Å². The van der Waals surface area contributed by atoms with Crippen LogP contribution in [0, 0.1) is 11.3 Å². The molecule has 5 N–H and O–H groups in total. The number of aliphatic carboxylic acids is 1. The van der Waals surface area contributed by atoms with Crippen molar-refractivity contribution in [1.82, 2.24) is 25.8 Å². The maximum absolute atomic E-state index is 14.4. The molecular weight excluding hydrogens is 735 g/mol. The first-order valence-corrected chi connectivity index (χ1v) is 19.6. The van der Waals surface area contributed by atoms with Crippen LogP contribution >= 0.6 is 11.3 Å². The number of amides is 4. The number of carbonyl (C=O) groups excluding carboxylic acids is 3. The van der Waals surface area contributed by atoms with Gasteiger partial charge in [-0.05, 0) is 53.8 Å². The van der Waals surface area contributed by atoms with Crippen LogP contribution < -0.4 is 25.4 Å². The number of aliphatic hydroxyl groups is 1. The lowest BCUT2D eigenvalue weighted by Crippen LogP contribution is -2.60. The molecular formula is C42H47N5O8S. The van der Waals surface area contributed by atoms with Crippen LogP contribution in [0.5, 0.6) is 11.5 Å². The number of aryl methyl sites for hydroxylation is 1. The maximum atomic E-state index is 14.4. The number of fused-ring (bicyclic) bond motifs is 2. The van der Waals surface area contributed by atoms with Gasteiger partial charge in [-0.25, -0.2) is 14.6 Å². The van der Waals surface area contributed by atoms with Gasteiger partial charge < -0.3 is 40.5 Å². The number of carbonyl (C=O) groups is 4. The fraction of sp³-hybridized carbons (Fsp3) is 0.405. The van der Waals surface area contributed by atoms with Crippen molar-refractivity contribution in [2.45, 2.75) is 82.3 Å². The molecule has 7 atom stereocenters. The van der Waals surface area contributed by atoms with Crippen LogP contribution in [0.2, 0.25) is 0 Å². The molecule has 4 amide bonds. The molecule has 2 aromatic carbocycles. The van der Waals surface area contributed by atoms with Gasteiger partial charge in [-0.2, -0.15) is 0 Å². The number of thiophene rings is 1. The zero-order valence-corrected chi connectivity index (χ0v) is 32.6. The smallest absolute Gasteiger partial charge is 0.330 e. The summed E-state index contributed by atoms with van der Waals surface area (Å²) < 4.78 is 12.1. The Kier molecular flexibility index (Phi) is 10.5. The van der Waals surface area contributed by atoms with E-state index in [0.29, 0.717) is 34.5 Å². The molecule has 0 spiro atoms. The maximum Gasteiger partial charge on any atom is 0.330 e. The normalized spacial score (nSPS) is 24.7. The minimum Gasteiger partial charge on any atom is -0.497 e. The summed E-state index contributed by atoms with van der Waals surface area (Å²) in [5.74, 6) is -1.70. The number of hydrogen-bond acceptors (Lipinski definition) is 9. The Morgan fingerprint density at radius 2 is 1.88 bits per heavy atom. The van der Waals surface area contributed by atoms with Crippen LogP contribution in [0.4, 0.5) is 4.79 Å². The second kappa shape index (κ2) is 15.2. The molecule has 0 radical (unpaired) electrons. The number of nitrogens with one attached hydrogen (secondary N) is 3. The number of pyridine rings is 1. The second-order valence-corrected chi connectivity index (χ2v) is 16.9. The van der Waals surface area contributed by atoms with E-state index < -0.39 is 71.0 Å². The molecule has 14 heteroatoms. The molecule has 1 saturated heterocycles. The first-order valence-electron chi connectivity index (χ1n) is 18.7. The topological polar surface area (TPSA) is 179 Å². The zero-order valence-electron chi connectivity index (χ0n) is 31.8. The Morgan fingerprint density at radius 1 is 1.11 bits per heavy atom. The molecule has 4 aromatic rings. The van der Waals surface area contributed by atoms with Crippen LogP contribution in [0.3, 0.4) is 0 Å². The third-order valence-electron chi connectivity index (χ3n) is 11.1. The number of aliphatic hydroxyl groups excluding tert-OH is 1. The Labute approximate surface area is 329 Å². The summed E-state index contributed by atoms with van der Waals surface area (Å²) in [6, 6.07) is 15.2. The van der Waals surface area contributed by atoms with Crippen molar-refractivity contribution in [1.29, 1.82) is 0 Å². The Morgan fingerprint density at radius 3 is 2.55 bits per heavy atom. The lowest BCUT2D eigenvalue weighted by atomic mass is 9.85. The van der Waals surface area contributed by atoms with Gasteiger partial charge in [0.15, 0.2) is 0 Å². The molecule has 1 saturated carbocycles. The molecule has 3 aliphatic rings. The van der Waals surface area contributed by atoms with E-state index in [1.165, 1.54) is 11.0 Å². The first kappa shape index (κ1) is 38.8. The van der Waals surface area contributed by atoms with Gasteiger partial charge in [0.25, 0.3) is 0 Å². The van der Waals surface area contributed by atoms with Gasteiger partial charge in [-0.3, -0.25) is 9.59 Å². The van der Waals surface area contributed by atoms with Crippen molar-refractivity contribution in [3.05, 3.63) is 89.1 Å². The predicted molar refractivity (Wildman–Crippen MR) is 211 cm³/mol. The Hall–Kier alpha value is -5.47. The first-order chi connectivity index (χ1) is 26.7. The number of urea groups is 1. The number of likely N-dealkylation sites (tertiary alicyclic amines) is 1. The third kappa shape index (κ3) is 7.55. The van der Waals surface area contributed by atoms with E-state index >= 15 is 0 Å². The lowest BCUT2D eigenvalue weighted by molar-refractivity contribution is -0.144. The molecule has 13 nitrogen and oxygen atoms in total. The number of methoxy groups -OCH3 is 1. The molecule has 3 heterocycles. The van der Waals surface area contributed by atoms with Crippen LogP contribution in [0.25, 0.3) is 22.2 Å². The van der Waals surface area contributed by atoms with Crippen molar-refractivity contribution < 1.29 is 38.9 Å². The average molecular weight is 782 g/mol. The van der Waals surface area contributed by atoms with Gasteiger partial charge >= 0.3 is 12.0 Å². The third-order valence-corrected chi connectivity index (χ3v) is 12.1. The van der Waals surface area contributed by atoms with Crippen LogP contribution in [-0.2, 0) is 20.8 Å². The minimum atomic E-state index is -1.53. The van der Waals surface area contributed by atoms with Crippen molar-refractivity contribution in [3.8, 4) is 22.8 Å². The summed E-state index contributed by atoms with van der Waals surface area (Å²) in [4.78, 5) is 62.1. The number of hydrogen-bond donors (Lipinski definition) is 5. The molecule has 294 valence electrons. The SMILES string of the molecule is C=CC1C[C@]1(NC(=O)[C@@H]1C[C@@H](Oc2cc(-c3ccccc3)nc3cc(OC)ccc23)CN1C(=O)NC(C(=O)NC1c2ccsc2CC[C@H]1O)C(C)(C)C)C(=O)O. The van der Waals surface area contributed by atoms with E-state index in [2.05, 4.69) is 22.5 Å². The summed E-state index contributed by atoms with van der Waals surface area (Å²) in [6.07, 6.45) is 1.43. The minimum absolute atomic E-state index is 0.0376. The van der Waals surface area contributed by atoms with Crippen molar-refractivity contribution in [2.75, 3.05) is 13.7 Å². The number of benzene rings is 2. The van der Waals surface area contributed by atoms with Gasteiger partial charge in [-0.15, -0.1) is 17.9 Å². The summed E-state index contributed by atoms with van der Waals surface area (Å²) in [5, 5.41) is 32.2. The number of ether oxygens (including phenoxy) is 2. The number of rotatable bonds is 11. The second-order valence-electron chi connectivity index (χ2n) is 15.9. The lowest BCUT2D eigenvalue weighted by Gasteiger charge is -2.36. The summed E-state index contributed by atoms with van der Waals surface area (Å²) >= 11 is 1.58. The Bertz CT molecular complexity index is 2170. The highest BCUT2D eigenvalue weighted by molar-refractivity contribution is 7.10. The molecule has 7 rings (SSSR count). The molecule has 2 fully saturated rings. The van der Waals surface area contributed by atoms with E-state index in [1.54, 1.807) is 30.6 Å². The average Bonchev–Trinajstić information content (AvgIpc) is 3.45. The fourth-order valence-electron chi connectivity index (χ4n) is 7.79. The van der Waals surface area contributed by atoms with Crippen LogP contribution in [-0.4, -0.2) is 87.4 Å². The van der Waals surface area contributed by atoms with E-state index in [0.717, 1.165) is 22.4 Å². The van der Waals surface area contributed by atoms with Gasteiger partial charge in [-0.1, -0.05) is 57.2 Å². The summed E-state index contributed by atoms with van der Waals surface area (Å²) in [5.41, 5.74) is 0.669. The highest BCUT2D eigenvalue weighted by atomic mass is 32.1. The largest absolute Gasteiger partial charge is 0.497 e. The van der Waals surface area contributed by atoms with E-state index in [9.17, 15) is 29.4 Å². The van der Waals surface area contributed by atoms with E-state index in [-0.39, 0.29) is 19.4 Å². The molecule has 56 heavy (non-hydrogen) atoms. The summed E-state index contributed by atoms with van der Waals surface area (Å²) in [7, 11) is 1.57. The number of aromatic nitrogens is 1. The van der Waals surface area contributed by atoms with E-state index in [1.807, 2.05) is 74.7 Å². The zero-order chi connectivity index (χ0) is 39.9. The summed E-state index contributed by atoms with van der Waals surface area (Å²) in [6.45, 7) is 9.13. The van der Waals surface area contributed by atoms with Gasteiger partial charge in [0, 0.05) is 40.3 Å². The van der Waals surface area contributed by atoms with Crippen LogP contribution in [0.1, 0.15) is 56.5 Å². The monoisotopic (exact) mass is 781 g/mol. The molecule has 2 aromatic heterocycles. The predicted octanol–water partition coefficient (Wildman–Crippen LogP) is 5.23. The number of carboxylic acid groups (broad SMARTS) is 1. The quantitative estimate of drug-likeness (QED) is 0.128. The molecule has 1 aliphatic heterocycles. The van der Waals surface area contributed by atoms with Crippen molar-refractivity contribution in [3.63, 3.8) is 0 Å². The van der Waals surface area contributed by atoms with Gasteiger partial charge in [0.2, 0.25) is 11.8 Å². The van der Waals surface area contributed by atoms with Gasteiger partial charge in [0.05, 0.1) is 37.0 Å². The highest BCUT2D eigenvalue weighted by Crippen LogP contribution is 2.45. The van der Waals surface area contributed by atoms with Crippen LogP contribution in [0.15, 0.2) is 78.7 Å². The van der Waals surface area contributed by atoms with E-state index in [4.69, 9.17) is 14.5 Å². The number of nitrogens with zero attached hydrogens (tertiary/aromatic N) is 2. The number of carboxylic acids is 1. The molecule has 2 aliphatic carbocycles. The molecule has 3 unspecified atom stereocenters. The highest BCUT2D eigenvalue weighted by Gasteiger charge is 2.61. The van der Waals surface area contributed by atoms with Crippen molar-refractivity contribution >= 4 is 46.1 Å². The van der Waals surface area contributed by atoms with Gasteiger partial charge in [0.1, 0.15) is 35.2 Å². The Balaban J connectivity index is 1.18.